The average Bonchev–Trinajstić information content (AvgIpc) is 2.46. The predicted molar refractivity (Wildman–Crippen MR) is 86.9 cm³/mol. The molecule has 1 nitrogen and oxygen atoms in total. The van der Waals surface area contributed by atoms with Crippen LogP contribution in [-0.2, 0) is 6.42 Å². The van der Waals surface area contributed by atoms with Gasteiger partial charge in [0.25, 0.3) is 0 Å². The molecule has 1 heteroatoms. The van der Waals surface area contributed by atoms with E-state index in [0.717, 1.165) is 11.6 Å². The Morgan fingerprint density at radius 1 is 0.850 bits per heavy atom. The summed E-state index contributed by atoms with van der Waals surface area (Å²) in [5.74, 6) is 1.25. The van der Waals surface area contributed by atoms with Gasteiger partial charge in [0, 0.05) is 17.5 Å². The number of aromatic nitrogens is 1. The molecule has 0 spiro atoms. The zero-order valence-electron chi connectivity index (χ0n) is 13.1. The summed E-state index contributed by atoms with van der Waals surface area (Å²) in [5.41, 5.74) is 5.03. The monoisotopic (exact) mass is 267 g/mol. The molecule has 1 aromatic heterocycles. The van der Waals surface area contributed by atoms with Gasteiger partial charge < -0.3 is 0 Å². The number of rotatable bonds is 5. The fourth-order valence-corrected chi connectivity index (χ4v) is 2.24. The van der Waals surface area contributed by atoms with Crippen LogP contribution in [0, 0.1) is 5.92 Å². The summed E-state index contributed by atoms with van der Waals surface area (Å²) in [6.07, 6.45) is 4.41. The first-order chi connectivity index (χ1) is 9.56. The first-order valence-corrected chi connectivity index (χ1v) is 7.61. The average molecular weight is 267 g/mol. The zero-order valence-corrected chi connectivity index (χ0v) is 13.1. The lowest BCUT2D eigenvalue weighted by Crippen LogP contribution is -1.93. The molecule has 1 heterocycles. The van der Waals surface area contributed by atoms with Crippen LogP contribution in [0.4, 0.5) is 0 Å². The summed E-state index contributed by atoms with van der Waals surface area (Å²) < 4.78 is 0. The number of hydrogen-bond donors (Lipinski definition) is 0. The Bertz CT molecular complexity index is 521. The molecule has 0 aliphatic carbocycles. The third-order valence-electron chi connectivity index (χ3n) is 3.68. The molecule has 0 aliphatic heterocycles. The van der Waals surface area contributed by atoms with E-state index in [1.807, 2.05) is 6.20 Å². The van der Waals surface area contributed by atoms with Gasteiger partial charge in [-0.1, -0.05) is 58.0 Å². The van der Waals surface area contributed by atoms with Crippen LogP contribution >= 0.6 is 0 Å². The molecule has 0 bridgehead atoms. The quantitative estimate of drug-likeness (QED) is 0.701. The summed E-state index contributed by atoms with van der Waals surface area (Å²) in [4.78, 5) is 4.54. The van der Waals surface area contributed by atoms with Gasteiger partial charge >= 0.3 is 0 Å². The van der Waals surface area contributed by atoms with E-state index in [4.69, 9.17) is 0 Å². The van der Waals surface area contributed by atoms with E-state index in [-0.39, 0.29) is 0 Å². The lowest BCUT2D eigenvalue weighted by molar-refractivity contribution is 0.587. The van der Waals surface area contributed by atoms with Crippen molar-refractivity contribution in [3.05, 3.63) is 53.9 Å². The van der Waals surface area contributed by atoms with Gasteiger partial charge in [0.15, 0.2) is 0 Å². The maximum Gasteiger partial charge on any atom is 0.0429 e. The van der Waals surface area contributed by atoms with Crippen molar-refractivity contribution >= 4 is 0 Å². The number of pyridine rings is 1. The van der Waals surface area contributed by atoms with Crippen LogP contribution in [-0.4, -0.2) is 4.98 Å². The van der Waals surface area contributed by atoms with Crippen molar-refractivity contribution in [2.45, 2.75) is 46.5 Å². The van der Waals surface area contributed by atoms with Crippen LogP contribution in [0.25, 0.3) is 11.1 Å². The highest BCUT2D eigenvalue weighted by atomic mass is 14.7. The van der Waals surface area contributed by atoms with Crippen molar-refractivity contribution in [1.82, 2.24) is 4.98 Å². The van der Waals surface area contributed by atoms with E-state index in [1.165, 1.54) is 29.5 Å². The summed E-state index contributed by atoms with van der Waals surface area (Å²) in [7, 11) is 0. The Labute approximate surface area is 123 Å². The van der Waals surface area contributed by atoms with E-state index in [9.17, 15) is 0 Å². The van der Waals surface area contributed by atoms with Crippen LogP contribution in [0.2, 0.25) is 0 Å². The van der Waals surface area contributed by atoms with E-state index in [1.54, 1.807) is 0 Å². The Morgan fingerprint density at radius 2 is 1.50 bits per heavy atom. The second-order valence-electron chi connectivity index (χ2n) is 6.26. The first kappa shape index (κ1) is 14.8. The summed E-state index contributed by atoms with van der Waals surface area (Å²) in [6.45, 7) is 8.89. The molecular weight excluding hydrogens is 242 g/mol. The second kappa shape index (κ2) is 6.69. The number of benzene rings is 1. The minimum atomic E-state index is 0.488. The van der Waals surface area contributed by atoms with E-state index >= 15 is 0 Å². The van der Waals surface area contributed by atoms with E-state index in [2.05, 4.69) is 69.1 Å². The van der Waals surface area contributed by atoms with Gasteiger partial charge in [-0.15, -0.1) is 0 Å². The van der Waals surface area contributed by atoms with Crippen molar-refractivity contribution in [2.24, 2.45) is 5.92 Å². The molecular formula is C19H25N. The van der Waals surface area contributed by atoms with Crippen molar-refractivity contribution in [3.8, 4) is 11.1 Å². The molecule has 0 saturated heterocycles. The van der Waals surface area contributed by atoms with Gasteiger partial charge in [0.2, 0.25) is 0 Å². The fraction of sp³-hybridized carbons (Fsp3) is 0.421. The minimum Gasteiger partial charge on any atom is -0.260 e. The van der Waals surface area contributed by atoms with Crippen molar-refractivity contribution < 1.29 is 0 Å². The number of hydrogen-bond acceptors (Lipinski definition) is 1. The Kier molecular flexibility index (Phi) is 4.94. The van der Waals surface area contributed by atoms with Gasteiger partial charge in [0.1, 0.15) is 0 Å². The Hall–Kier alpha value is -1.63. The zero-order chi connectivity index (χ0) is 14.5. The molecule has 0 saturated carbocycles. The molecule has 0 aliphatic rings. The van der Waals surface area contributed by atoms with Gasteiger partial charge in [-0.3, -0.25) is 4.98 Å². The van der Waals surface area contributed by atoms with E-state index in [0.29, 0.717) is 5.92 Å². The normalized spacial score (nSPS) is 11.3. The highest BCUT2D eigenvalue weighted by molar-refractivity contribution is 5.62. The smallest absolute Gasteiger partial charge is 0.0429 e. The molecule has 0 amide bonds. The standard InChI is InChI=1S/C19H25N/c1-14(2)5-6-16-7-9-17(10-8-16)18-11-12-19(15(3)4)20-13-18/h7-15H,5-6H2,1-4H3. The SMILES string of the molecule is CC(C)CCc1ccc(-c2ccc(C(C)C)nc2)cc1. The van der Waals surface area contributed by atoms with Crippen molar-refractivity contribution in [3.63, 3.8) is 0 Å². The molecule has 1 aromatic carbocycles. The summed E-state index contributed by atoms with van der Waals surface area (Å²) in [6, 6.07) is 13.2. The minimum absolute atomic E-state index is 0.488. The molecule has 2 aromatic rings. The molecule has 0 atom stereocenters. The van der Waals surface area contributed by atoms with Crippen LogP contribution in [0.1, 0.15) is 51.3 Å². The Morgan fingerprint density at radius 3 is 2.00 bits per heavy atom. The number of aryl methyl sites for hydroxylation is 1. The highest BCUT2D eigenvalue weighted by Gasteiger charge is 2.03. The van der Waals surface area contributed by atoms with Gasteiger partial charge in [-0.25, -0.2) is 0 Å². The van der Waals surface area contributed by atoms with Crippen molar-refractivity contribution in [2.75, 3.05) is 0 Å². The maximum absolute atomic E-state index is 4.54. The second-order valence-corrected chi connectivity index (χ2v) is 6.26. The van der Waals surface area contributed by atoms with Gasteiger partial charge in [0.05, 0.1) is 0 Å². The topological polar surface area (TPSA) is 12.9 Å². The Balaban J connectivity index is 2.09. The molecule has 20 heavy (non-hydrogen) atoms. The third-order valence-corrected chi connectivity index (χ3v) is 3.68. The van der Waals surface area contributed by atoms with Gasteiger partial charge in [-0.05, 0) is 41.9 Å². The molecule has 106 valence electrons. The van der Waals surface area contributed by atoms with Crippen LogP contribution in [0.3, 0.4) is 0 Å². The summed E-state index contributed by atoms with van der Waals surface area (Å²) in [5, 5.41) is 0. The molecule has 0 fully saturated rings. The van der Waals surface area contributed by atoms with Crippen LogP contribution in [0.15, 0.2) is 42.6 Å². The first-order valence-electron chi connectivity index (χ1n) is 7.61. The molecule has 0 unspecified atom stereocenters. The van der Waals surface area contributed by atoms with E-state index < -0.39 is 0 Å². The summed E-state index contributed by atoms with van der Waals surface area (Å²) >= 11 is 0. The van der Waals surface area contributed by atoms with Crippen LogP contribution < -0.4 is 0 Å². The fourth-order valence-electron chi connectivity index (χ4n) is 2.24. The number of nitrogens with zero attached hydrogens (tertiary/aromatic N) is 1. The largest absolute Gasteiger partial charge is 0.260 e. The lowest BCUT2D eigenvalue weighted by atomic mass is 9.99. The predicted octanol–water partition coefficient (Wildman–Crippen LogP) is 5.46. The molecule has 0 radical (unpaired) electrons. The highest BCUT2D eigenvalue weighted by Crippen LogP contribution is 2.21. The molecule has 0 N–H and O–H groups in total. The molecule has 2 rings (SSSR count). The van der Waals surface area contributed by atoms with Crippen LogP contribution in [0.5, 0.6) is 0 Å². The third kappa shape index (κ3) is 3.93. The van der Waals surface area contributed by atoms with Gasteiger partial charge in [-0.2, -0.15) is 0 Å². The maximum atomic E-state index is 4.54. The van der Waals surface area contributed by atoms with Crippen molar-refractivity contribution in [1.29, 1.82) is 0 Å². The lowest BCUT2D eigenvalue weighted by Gasteiger charge is -2.08.